The van der Waals surface area contributed by atoms with Gasteiger partial charge in [0, 0.05) is 0 Å². The molecule has 0 aliphatic heterocycles. The summed E-state index contributed by atoms with van der Waals surface area (Å²) in [5.74, 6) is 4.09. The van der Waals surface area contributed by atoms with Gasteiger partial charge in [0.25, 0.3) is 0 Å². The first kappa shape index (κ1) is 31.6. The summed E-state index contributed by atoms with van der Waals surface area (Å²) in [7, 11) is 8.19. The summed E-state index contributed by atoms with van der Waals surface area (Å²) in [6, 6.07) is 23.0. The molecule has 200 valence electrons. The molecule has 2 aromatic rings. The van der Waals surface area contributed by atoms with E-state index in [0.29, 0.717) is 35.5 Å². The van der Waals surface area contributed by atoms with Gasteiger partial charge in [-0.25, -0.2) is 0 Å². The quantitative estimate of drug-likeness (QED) is 0.230. The van der Waals surface area contributed by atoms with Gasteiger partial charge in [-0.1, -0.05) is 122 Å². The molecule has 4 aliphatic carbocycles. The minimum atomic E-state index is -1.68. The van der Waals surface area contributed by atoms with Crippen LogP contribution in [0.25, 0.3) is 0 Å². The minimum absolute atomic E-state index is 0. The average molecular weight is 641 g/mol. The summed E-state index contributed by atoms with van der Waals surface area (Å²) in [4.78, 5) is 0. The van der Waals surface area contributed by atoms with Gasteiger partial charge in [0.15, 0.2) is 0 Å². The fourth-order valence-electron chi connectivity index (χ4n) is 8.20. The molecule has 4 aliphatic rings. The molecule has 0 heterocycles. The molecule has 0 spiro atoms. The van der Waals surface area contributed by atoms with Gasteiger partial charge in [-0.05, 0) is 70.6 Å². The summed E-state index contributed by atoms with van der Waals surface area (Å²) in [6.07, 6.45) is 22.0. The Morgan fingerprint density at radius 2 is 1.13 bits per heavy atom. The van der Waals surface area contributed by atoms with Crippen LogP contribution in [0.2, 0.25) is 24.2 Å². The maximum atomic E-state index is 4.93. The normalized spacial score (nSPS) is 32.1. The van der Waals surface area contributed by atoms with Crippen LogP contribution in [0.4, 0.5) is 0 Å². The standard InChI is InChI=1S/C32H36Si.2CH3.2ClH.Zr/c1-33(2,30-22-26-18-9-11-19-27(26)31(30)24-15-7-4-8-16-24)32-28-20-12-10-17-25(28)21-29(32)23-13-5-3-6-14-23;;;;;/h3-20,25-32H,21-22H2,1-2H3;2*1H3;2*1H;/q;2*-1;;;+4/p-2. The molecule has 2 fully saturated rings. The van der Waals surface area contributed by atoms with Crippen molar-refractivity contribution in [3.63, 3.8) is 0 Å². The van der Waals surface area contributed by atoms with Gasteiger partial charge in [0.1, 0.15) is 0 Å². The molecule has 8 unspecified atom stereocenters. The molecule has 0 nitrogen and oxygen atoms in total. The summed E-state index contributed by atoms with van der Waals surface area (Å²) in [5.41, 5.74) is 4.73. The van der Waals surface area contributed by atoms with E-state index in [1.807, 2.05) is 0 Å². The van der Waals surface area contributed by atoms with E-state index >= 15 is 0 Å². The Morgan fingerprint density at radius 3 is 1.71 bits per heavy atom. The molecule has 38 heavy (non-hydrogen) atoms. The number of fused-ring (bicyclic) bond motifs is 2. The van der Waals surface area contributed by atoms with Crippen molar-refractivity contribution in [2.45, 2.75) is 48.9 Å². The van der Waals surface area contributed by atoms with Crippen molar-refractivity contribution in [1.82, 2.24) is 0 Å². The van der Waals surface area contributed by atoms with Gasteiger partial charge in [-0.15, -0.1) is 0 Å². The monoisotopic (exact) mass is 638 g/mol. The van der Waals surface area contributed by atoms with Gasteiger partial charge in [-0.2, -0.15) is 0 Å². The van der Waals surface area contributed by atoms with Crippen LogP contribution in [0.3, 0.4) is 0 Å². The zero-order chi connectivity index (χ0) is 25.1. The van der Waals surface area contributed by atoms with Crippen LogP contribution in [0.5, 0.6) is 0 Å². The van der Waals surface area contributed by atoms with E-state index in [1.165, 1.54) is 12.8 Å². The molecule has 0 aromatic heterocycles. The fraction of sp³-hybridized carbons (Fsp3) is 0.353. The first-order chi connectivity index (χ1) is 17.6. The van der Waals surface area contributed by atoms with Crippen LogP contribution in [0, 0.1) is 38.5 Å². The van der Waals surface area contributed by atoms with Crippen LogP contribution in [0.1, 0.15) is 35.8 Å². The van der Waals surface area contributed by atoms with Crippen LogP contribution in [-0.2, 0) is 20.8 Å². The Balaban J connectivity index is 0.000000766. The number of allylic oxidation sites excluding steroid dienone is 8. The number of hydrogen-bond donors (Lipinski definition) is 0. The number of benzene rings is 2. The predicted molar refractivity (Wildman–Crippen MR) is 168 cm³/mol. The third-order valence-electron chi connectivity index (χ3n) is 9.57. The fourth-order valence-corrected chi connectivity index (χ4v) is 13.6. The topological polar surface area (TPSA) is 0 Å². The molecular weight excluding hydrogens is 599 g/mol. The van der Waals surface area contributed by atoms with E-state index in [9.17, 15) is 0 Å². The van der Waals surface area contributed by atoms with Crippen LogP contribution in [0.15, 0.2) is 109 Å². The molecule has 0 radical (unpaired) electrons. The van der Waals surface area contributed by atoms with Crippen molar-refractivity contribution >= 4 is 25.1 Å². The van der Waals surface area contributed by atoms with Crippen LogP contribution in [-0.4, -0.2) is 8.07 Å². The second-order valence-corrected chi connectivity index (χ2v) is 20.3. The van der Waals surface area contributed by atoms with Crippen molar-refractivity contribution in [1.29, 1.82) is 0 Å². The molecule has 2 aromatic carbocycles. The maximum absolute atomic E-state index is 4.93. The van der Waals surface area contributed by atoms with Crippen LogP contribution < -0.4 is 0 Å². The Labute approximate surface area is 252 Å². The predicted octanol–water partition coefficient (Wildman–Crippen LogP) is 10.8. The third kappa shape index (κ3) is 6.20. The van der Waals surface area contributed by atoms with Gasteiger partial charge in [0.05, 0.1) is 8.07 Å². The van der Waals surface area contributed by atoms with E-state index in [0.717, 1.165) is 11.1 Å². The average Bonchev–Trinajstić information content (AvgIpc) is 3.50. The first-order valence-electron chi connectivity index (χ1n) is 13.3. The van der Waals surface area contributed by atoms with Gasteiger partial charge >= 0.3 is 37.9 Å². The van der Waals surface area contributed by atoms with E-state index < -0.39 is 28.9 Å². The Bertz CT molecular complexity index is 1120. The van der Waals surface area contributed by atoms with Crippen LogP contribution >= 0.6 is 17.0 Å². The summed E-state index contributed by atoms with van der Waals surface area (Å²) >= 11 is -0.826. The second kappa shape index (κ2) is 14.1. The summed E-state index contributed by atoms with van der Waals surface area (Å²) in [5, 5.41) is 0. The zero-order valence-electron chi connectivity index (χ0n) is 23.2. The molecule has 6 rings (SSSR count). The van der Waals surface area contributed by atoms with Gasteiger partial charge in [-0.3, -0.25) is 0 Å². The Kier molecular flexibility index (Phi) is 11.7. The van der Waals surface area contributed by atoms with E-state index in [-0.39, 0.29) is 14.9 Å². The zero-order valence-corrected chi connectivity index (χ0v) is 28.2. The van der Waals surface area contributed by atoms with E-state index in [2.05, 4.69) is 122 Å². The van der Waals surface area contributed by atoms with Crippen molar-refractivity contribution in [3.8, 4) is 0 Å². The molecular formula is C34H42Cl2SiZr. The summed E-state index contributed by atoms with van der Waals surface area (Å²) < 4.78 is 0. The van der Waals surface area contributed by atoms with Crippen molar-refractivity contribution in [2.75, 3.05) is 0 Å². The Hall–Kier alpha value is -0.920. The van der Waals surface area contributed by atoms with E-state index in [1.54, 1.807) is 11.1 Å². The van der Waals surface area contributed by atoms with Crippen molar-refractivity contribution < 1.29 is 20.8 Å². The first-order valence-corrected chi connectivity index (χ1v) is 22.8. The molecule has 0 saturated heterocycles. The van der Waals surface area contributed by atoms with Gasteiger partial charge < -0.3 is 14.9 Å². The van der Waals surface area contributed by atoms with Gasteiger partial charge in [0.2, 0.25) is 0 Å². The Morgan fingerprint density at radius 1 is 0.658 bits per heavy atom. The van der Waals surface area contributed by atoms with Crippen molar-refractivity contribution in [3.05, 3.63) is 135 Å². The van der Waals surface area contributed by atoms with E-state index in [4.69, 9.17) is 17.0 Å². The SMILES string of the molecule is C[Si](C)(C1CC2C=CC=CC2C1c1ccccc1)C1C(c2ccccc2)CC2C=CC=CC21.[CH3-].[CH3-].[Cl][Zr+2][Cl]. The molecule has 2 saturated carbocycles. The van der Waals surface area contributed by atoms with Crippen molar-refractivity contribution in [2.24, 2.45) is 23.7 Å². The third-order valence-corrected chi connectivity index (χ3v) is 14.6. The summed E-state index contributed by atoms with van der Waals surface area (Å²) in [6.45, 7) is 5.51. The molecule has 0 amide bonds. The molecule has 0 N–H and O–H groups in total. The molecule has 0 bridgehead atoms. The second-order valence-electron chi connectivity index (χ2n) is 11.5. The number of rotatable bonds is 4. The number of halogens is 2. The molecule has 4 heteroatoms. The molecule has 8 atom stereocenters. The number of hydrogen-bond acceptors (Lipinski definition) is 0.